The fourth-order valence-electron chi connectivity index (χ4n) is 4.07. The molecule has 214 valence electrons. The van der Waals surface area contributed by atoms with Crippen LogP contribution in [0.15, 0.2) is 72.8 Å². The van der Waals surface area contributed by atoms with Crippen LogP contribution in [-0.2, 0) is 32.6 Å². The maximum Gasteiger partial charge on any atom is 0.244 e. The molecule has 0 bridgehead atoms. The molecule has 2 amide bonds. The van der Waals surface area contributed by atoms with Crippen LogP contribution in [0.4, 0.5) is 10.1 Å². The van der Waals surface area contributed by atoms with E-state index >= 15 is 0 Å². The first-order chi connectivity index (χ1) is 18.7. The van der Waals surface area contributed by atoms with E-state index in [9.17, 15) is 22.4 Å². The number of carbonyl (C=O) groups excluding carboxylic acids is 2. The van der Waals surface area contributed by atoms with Crippen LogP contribution in [0.5, 0.6) is 0 Å². The second-order valence-corrected chi connectivity index (χ2v) is 13.1. The van der Waals surface area contributed by atoms with E-state index in [-0.39, 0.29) is 23.7 Å². The molecular formula is C29H32Cl2FN3O4S. The molecule has 3 rings (SSSR count). The number of nitrogens with zero attached hydrogens (tertiary/aromatic N) is 2. The molecule has 0 aliphatic heterocycles. The molecule has 0 aliphatic rings. The van der Waals surface area contributed by atoms with Gasteiger partial charge in [-0.3, -0.25) is 13.9 Å². The number of carbonyl (C=O) groups is 2. The van der Waals surface area contributed by atoms with E-state index in [1.54, 1.807) is 24.3 Å². The quantitative estimate of drug-likeness (QED) is 0.332. The highest BCUT2D eigenvalue weighted by atomic mass is 35.5. The van der Waals surface area contributed by atoms with Crippen molar-refractivity contribution in [1.29, 1.82) is 0 Å². The summed E-state index contributed by atoms with van der Waals surface area (Å²) in [4.78, 5) is 29.1. The molecule has 0 saturated heterocycles. The molecule has 11 heteroatoms. The Kier molecular flexibility index (Phi) is 10.2. The number of amides is 2. The number of benzene rings is 3. The van der Waals surface area contributed by atoms with Crippen molar-refractivity contribution in [3.63, 3.8) is 0 Å². The monoisotopic (exact) mass is 607 g/mol. The highest BCUT2D eigenvalue weighted by molar-refractivity contribution is 7.92. The van der Waals surface area contributed by atoms with Gasteiger partial charge in [0.05, 0.1) is 17.0 Å². The van der Waals surface area contributed by atoms with Crippen molar-refractivity contribution >= 4 is 50.7 Å². The summed E-state index contributed by atoms with van der Waals surface area (Å²) < 4.78 is 40.3. The zero-order valence-electron chi connectivity index (χ0n) is 22.7. The molecule has 0 aromatic heterocycles. The molecule has 0 fully saturated rings. The molecule has 3 aromatic carbocycles. The Labute approximate surface area is 244 Å². The lowest BCUT2D eigenvalue weighted by Crippen LogP contribution is -2.56. The van der Waals surface area contributed by atoms with Crippen LogP contribution in [0.1, 0.15) is 31.9 Å². The van der Waals surface area contributed by atoms with Gasteiger partial charge in [0.1, 0.15) is 18.4 Å². The average Bonchev–Trinajstić information content (AvgIpc) is 2.86. The highest BCUT2D eigenvalue weighted by Crippen LogP contribution is 2.26. The van der Waals surface area contributed by atoms with Crippen LogP contribution in [0.3, 0.4) is 0 Å². The molecule has 0 saturated carbocycles. The van der Waals surface area contributed by atoms with E-state index in [0.29, 0.717) is 10.6 Å². The number of nitrogens with one attached hydrogen (secondary N) is 1. The largest absolute Gasteiger partial charge is 0.350 e. The fraction of sp³-hybridized carbons (Fsp3) is 0.310. The Bertz CT molecular complexity index is 1460. The predicted molar refractivity (Wildman–Crippen MR) is 157 cm³/mol. The minimum atomic E-state index is -4.01. The molecule has 7 nitrogen and oxygen atoms in total. The van der Waals surface area contributed by atoms with Crippen LogP contribution in [0.2, 0.25) is 10.0 Å². The molecule has 0 aliphatic carbocycles. The summed E-state index contributed by atoms with van der Waals surface area (Å²) >= 11 is 12.4. The Morgan fingerprint density at radius 3 is 2.15 bits per heavy atom. The summed E-state index contributed by atoms with van der Waals surface area (Å²) in [6.07, 6.45) is 1.10. The molecule has 0 heterocycles. The Hall–Kier alpha value is -3.14. The zero-order chi connectivity index (χ0) is 29.7. The van der Waals surface area contributed by atoms with Crippen LogP contribution in [-0.4, -0.2) is 49.5 Å². The third-order valence-corrected chi connectivity index (χ3v) is 7.74. The lowest BCUT2D eigenvalue weighted by molar-refractivity contribution is -0.140. The molecule has 0 spiro atoms. The SMILES string of the molecule is CC(C)(C)NC(=O)C(Cc1ccccc1)N(Cc1ccccc1Cl)C(=O)CN(c1ccc(F)c(Cl)c1)S(C)(=O)=O. The van der Waals surface area contributed by atoms with Gasteiger partial charge in [0, 0.05) is 23.5 Å². The number of halogens is 3. The van der Waals surface area contributed by atoms with Crippen molar-refractivity contribution in [2.75, 3.05) is 17.1 Å². The predicted octanol–water partition coefficient (Wildman–Crippen LogP) is 5.45. The first-order valence-electron chi connectivity index (χ1n) is 12.5. The number of rotatable bonds is 10. The van der Waals surface area contributed by atoms with Gasteiger partial charge in [-0.2, -0.15) is 0 Å². The molecular weight excluding hydrogens is 576 g/mol. The van der Waals surface area contributed by atoms with Gasteiger partial charge in [0.15, 0.2) is 0 Å². The molecule has 1 N–H and O–H groups in total. The van der Waals surface area contributed by atoms with E-state index in [1.807, 2.05) is 51.1 Å². The van der Waals surface area contributed by atoms with E-state index in [1.165, 1.54) is 11.0 Å². The molecule has 1 atom stereocenters. The Balaban J connectivity index is 2.10. The van der Waals surface area contributed by atoms with E-state index in [4.69, 9.17) is 23.2 Å². The van der Waals surface area contributed by atoms with Crippen LogP contribution < -0.4 is 9.62 Å². The van der Waals surface area contributed by atoms with E-state index in [2.05, 4.69) is 5.32 Å². The third-order valence-electron chi connectivity index (χ3n) is 5.94. The average molecular weight is 609 g/mol. The number of sulfonamides is 1. The van der Waals surface area contributed by atoms with Gasteiger partial charge in [0.2, 0.25) is 21.8 Å². The minimum Gasteiger partial charge on any atom is -0.350 e. The Morgan fingerprint density at radius 2 is 1.57 bits per heavy atom. The van der Waals surface area contributed by atoms with Crippen LogP contribution >= 0.6 is 23.2 Å². The standard InChI is InChI=1S/C29H32Cl2FN3O4S/c1-29(2,3)33-28(37)26(16-20-10-6-5-7-11-20)34(18-21-12-8-9-13-23(21)30)27(36)19-35(40(4,38)39)22-14-15-25(32)24(31)17-22/h5-15,17,26H,16,18-19H2,1-4H3,(H,33,37). The summed E-state index contributed by atoms with van der Waals surface area (Å²) in [5, 5.41) is 3.04. The minimum absolute atomic E-state index is 0.0127. The smallest absolute Gasteiger partial charge is 0.244 e. The summed E-state index contributed by atoms with van der Waals surface area (Å²) in [7, 11) is -4.01. The van der Waals surface area contributed by atoms with Gasteiger partial charge in [-0.1, -0.05) is 71.7 Å². The second kappa shape index (κ2) is 13.0. The van der Waals surface area contributed by atoms with Crippen LogP contribution in [0, 0.1) is 5.82 Å². The summed E-state index contributed by atoms with van der Waals surface area (Å²) in [5.74, 6) is -1.80. The van der Waals surface area contributed by atoms with Crippen molar-refractivity contribution < 1.29 is 22.4 Å². The van der Waals surface area contributed by atoms with Crippen LogP contribution in [0.25, 0.3) is 0 Å². The van der Waals surface area contributed by atoms with Gasteiger partial charge < -0.3 is 10.2 Å². The second-order valence-electron chi connectivity index (χ2n) is 10.4. The molecule has 40 heavy (non-hydrogen) atoms. The van der Waals surface area contributed by atoms with Crippen molar-refractivity contribution in [2.45, 2.75) is 45.3 Å². The first kappa shape index (κ1) is 31.4. The highest BCUT2D eigenvalue weighted by Gasteiger charge is 2.34. The Morgan fingerprint density at radius 1 is 0.950 bits per heavy atom. The van der Waals surface area contributed by atoms with Gasteiger partial charge in [-0.15, -0.1) is 0 Å². The van der Waals surface area contributed by atoms with E-state index < -0.39 is 45.8 Å². The van der Waals surface area contributed by atoms with E-state index in [0.717, 1.165) is 28.3 Å². The van der Waals surface area contributed by atoms with Crippen molar-refractivity contribution in [3.8, 4) is 0 Å². The van der Waals surface area contributed by atoms with Crippen molar-refractivity contribution in [3.05, 3.63) is 99.8 Å². The molecule has 0 radical (unpaired) electrons. The molecule has 1 unspecified atom stereocenters. The first-order valence-corrected chi connectivity index (χ1v) is 15.1. The van der Waals surface area contributed by atoms with Crippen molar-refractivity contribution in [2.24, 2.45) is 0 Å². The maximum atomic E-state index is 14.0. The number of anilines is 1. The van der Waals surface area contributed by atoms with Gasteiger partial charge in [-0.05, 0) is 56.2 Å². The molecule has 3 aromatic rings. The number of hydrogen-bond donors (Lipinski definition) is 1. The van der Waals surface area contributed by atoms with Crippen molar-refractivity contribution in [1.82, 2.24) is 10.2 Å². The summed E-state index contributed by atoms with van der Waals surface area (Å²) in [6.45, 7) is 4.77. The zero-order valence-corrected chi connectivity index (χ0v) is 25.0. The lowest BCUT2D eigenvalue weighted by atomic mass is 10.0. The number of hydrogen-bond acceptors (Lipinski definition) is 4. The summed E-state index contributed by atoms with van der Waals surface area (Å²) in [5.41, 5.74) is 0.793. The fourth-order valence-corrected chi connectivity index (χ4v) is 5.28. The third kappa shape index (κ3) is 8.68. The topological polar surface area (TPSA) is 86.8 Å². The van der Waals surface area contributed by atoms with Gasteiger partial charge in [0.25, 0.3) is 0 Å². The normalized spacial score (nSPS) is 12.5. The van der Waals surface area contributed by atoms with Gasteiger partial charge in [-0.25, -0.2) is 12.8 Å². The summed E-state index contributed by atoms with van der Waals surface area (Å²) in [6, 6.07) is 18.5. The lowest BCUT2D eigenvalue weighted by Gasteiger charge is -2.35. The van der Waals surface area contributed by atoms with Gasteiger partial charge >= 0.3 is 0 Å². The maximum absolute atomic E-state index is 14.0.